The molecule has 1 fully saturated rings. The summed E-state index contributed by atoms with van der Waals surface area (Å²) in [5, 5.41) is 3.70. The third kappa shape index (κ3) is 4.65. The van der Waals surface area contributed by atoms with Crippen LogP contribution in [0.15, 0.2) is 0 Å². The van der Waals surface area contributed by atoms with Gasteiger partial charge in [0.25, 0.3) is 0 Å². The molecular weight excluding hydrogens is 348 g/mol. The smallest absolute Gasteiger partial charge is 0.341 e. The van der Waals surface area contributed by atoms with Gasteiger partial charge in [0, 0.05) is 17.8 Å². The molecule has 0 saturated carbocycles. The minimum atomic E-state index is -0.300. The Morgan fingerprint density at radius 1 is 1.27 bits per heavy atom. The van der Waals surface area contributed by atoms with E-state index >= 15 is 0 Å². The van der Waals surface area contributed by atoms with E-state index in [2.05, 4.69) is 17.1 Å². The highest BCUT2D eigenvalue weighted by Crippen LogP contribution is 2.40. The average molecular weight is 379 g/mol. The number of likely N-dealkylation sites (tertiary alicyclic amines) is 1. The van der Waals surface area contributed by atoms with Gasteiger partial charge in [-0.25, -0.2) is 4.79 Å². The van der Waals surface area contributed by atoms with Crippen LogP contribution < -0.4 is 5.32 Å². The number of rotatable bonds is 6. The monoisotopic (exact) mass is 378 g/mol. The van der Waals surface area contributed by atoms with Gasteiger partial charge in [-0.2, -0.15) is 0 Å². The number of carbonyl (C=O) groups is 2. The summed E-state index contributed by atoms with van der Waals surface area (Å²) < 4.78 is 5.26. The maximum Gasteiger partial charge on any atom is 0.341 e. The highest BCUT2D eigenvalue weighted by atomic mass is 32.1. The van der Waals surface area contributed by atoms with E-state index in [1.54, 1.807) is 11.3 Å². The number of hydrogen-bond donors (Lipinski definition) is 1. The molecule has 1 aliphatic heterocycles. The number of thiophene rings is 1. The Morgan fingerprint density at radius 3 is 2.77 bits per heavy atom. The number of piperidine rings is 1. The summed E-state index contributed by atoms with van der Waals surface area (Å²) in [5.41, 5.74) is 1.70. The number of nitrogens with zero attached hydrogens (tertiary/aromatic N) is 1. The molecule has 26 heavy (non-hydrogen) atoms. The van der Waals surface area contributed by atoms with E-state index in [9.17, 15) is 9.59 Å². The molecule has 1 saturated heterocycles. The molecule has 1 aromatic heterocycles. The molecule has 1 aromatic rings. The first-order valence-corrected chi connectivity index (χ1v) is 10.7. The molecule has 1 atom stereocenters. The number of nitrogens with one attached hydrogen (secondary N) is 1. The second-order valence-electron chi connectivity index (χ2n) is 7.48. The van der Waals surface area contributed by atoms with Crippen molar-refractivity contribution in [2.45, 2.75) is 58.8 Å². The van der Waals surface area contributed by atoms with Crippen molar-refractivity contribution in [1.29, 1.82) is 0 Å². The third-order valence-electron chi connectivity index (χ3n) is 5.35. The topological polar surface area (TPSA) is 58.6 Å². The Labute approximate surface area is 160 Å². The molecule has 0 bridgehead atoms. The van der Waals surface area contributed by atoms with E-state index in [0.717, 1.165) is 44.5 Å². The zero-order valence-corrected chi connectivity index (χ0v) is 16.8. The maximum absolute atomic E-state index is 12.5. The minimum Gasteiger partial charge on any atom is -0.462 e. The fourth-order valence-electron chi connectivity index (χ4n) is 3.89. The zero-order chi connectivity index (χ0) is 18.5. The van der Waals surface area contributed by atoms with E-state index in [1.807, 2.05) is 6.92 Å². The highest BCUT2D eigenvalue weighted by Gasteiger charge is 2.29. The normalized spacial score (nSPS) is 20.5. The van der Waals surface area contributed by atoms with Gasteiger partial charge in [0.15, 0.2) is 0 Å². The van der Waals surface area contributed by atoms with Crippen molar-refractivity contribution in [1.82, 2.24) is 4.90 Å². The molecule has 2 aliphatic rings. The highest BCUT2D eigenvalue weighted by molar-refractivity contribution is 7.17. The quantitative estimate of drug-likeness (QED) is 0.764. The molecule has 3 rings (SSSR count). The van der Waals surface area contributed by atoms with Crippen LogP contribution in [0.1, 0.15) is 66.8 Å². The molecular formula is C20H30N2O3S. The summed E-state index contributed by atoms with van der Waals surface area (Å²) >= 11 is 1.56. The molecule has 1 aliphatic carbocycles. The van der Waals surface area contributed by atoms with Crippen LogP contribution in [-0.2, 0) is 22.4 Å². The van der Waals surface area contributed by atoms with Gasteiger partial charge in [-0.15, -0.1) is 11.3 Å². The first-order valence-electron chi connectivity index (χ1n) is 9.92. The van der Waals surface area contributed by atoms with Crippen molar-refractivity contribution in [3.63, 3.8) is 0 Å². The second-order valence-corrected chi connectivity index (χ2v) is 8.58. The molecule has 144 valence electrons. The van der Waals surface area contributed by atoms with Gasteiger partial charge in [-0.1, -0.05) is 13.3 Å². The number of carbonyl (C=O) groups excluding carboxylic acids is 2. The van der Waals surface area contributed by atoms with Crippen molar-refractivity contribution in [3.8, 4) is 0 Å². The van der Waals surface area contributed by atoms with Gasteiger partial charge in [-0.3, -0.25) is 4.79 Å². The van der Waals surface area contributed by atoms with Crippen LogP contribution in [0.4, 0.5) is 5.00 Å². The Bertz CT molecular complexity index is 650. The van der Waals surface area contributed by atoms with Gasteiger partial charge in [0.05, 0.1) is 12.2 Å². The molecule has 0 spiro atoms. The fraction of sp³-hybridized carbons (Fsp3) is 0.700. The van der Waals surface area contributed by atoms with Gasteiger partial charge in [0.2, 0.25) is 5.91 Å². The summed E-state index contributed by atoms with van der Waals surface area (Å²) in [5.74, 6) is 0.317. The molecule has 1 N–H and O–H groups in total. The largest absolute Gasteiger partial charge is 0.462 e. The van der Waals surface area contributed by atoms with Crippen LogP contribution >= 0.6 is 11.3 Å². The number of hydrogen-bond acceptors (Lipinski definition) is 5. The first kappa shape index (κ1) is 19.4. The minimum absolute atomic E-state index is 0.00670. The molecule has 0 radical (unpaired) electrons. The lowest BCUT2D eigenvalue weighted by Crippen LogP contribution is -2.32. The van der Waals surface area contributed by atoms with Crippen molar-refractivity contribution in [2.24, 2.45) is 5.92 Å². The van der Waals surface area contributed by atoms with Crippen LogP contribution in [0, 0.1) is 5.92 Å². The van der Waals surface area contributed by atoms with Crippen LogP contribution in [0.2, 0.25) is 0 Å². The van der Waals surface area contributed by atoms with Gasteiger partial charge >= 0.3 is 5.97 Å². The summed E-state index contributed by atoms with van der Waals surface area (Å²) in [6.45, 7) is 7.38. The molecule has 1 amide bonds. The number of fused-ring (bicyclic) bond motifs is 1. The van der Waals surface area contributed by atoms with Crippen LogP contribution in [0.3, 0.4) is 0 Å². The van der Waals surface area contributed by atoms with Crippen molar-refractivity contribution >= 4 is 28.2 Å². The Balaban J connectivity index is 1.69. The van der Waals surface area contributed by atoms with E-state index in [-0.39, 0.29) is 11.9 Å². The molecule has 2 heterocycles. The van der Waals surface area contributed by atoms with Crippen molar-refractivity contribution < 1.29 is 14.3 Å². The Morgan fingerprint density at radius 2 is 2.04 bits per heavy atom. The van der Waals surface area contributed by atoms with E-state index in [4.69, 9.17) is 4.74 Å². The van der Waals surface area contributed by atoms with Gasteiger partial charge in [0.1, 0.15) is 5.00 Å². The number of ether oxygens (including phenoxy) is 1. The lowest BCUT2D eigenvalue weighted by atomic mass is 9.88. The zero-order valence-electron chi connectivity index (χ0n) is 15.9. The van der Waals surface area contributed by atoms with Crippen LogP contribution in [0.25, 0.3) is 0 Å². The number of anilines is 1. The summed E-state index contributed by atoms with van der Waals surface area (Å²) in [7, 11) is 0. The standard InChI is InChI=1S/C20H30N2O3S/c1-3-25-20(24)18-15-8-7-14(2)13-16(15)26-19(18)21-17(23)9-12-22-10-5-4-6-11-22/h14H,3-13H2,1-2H3,(H,21,23)/t14-/m0/s1. The van der Waals surface area contributed by atoms with E-state index < -0.39 is 0 Å². The van der Waals surface area contributed by atoms with E-state index in [0.29, 0.717) is 29.5 Å². The Kier molecular flexibility index (Phi) is 6.70. The number of amides is 1. The summed E-state index contributed by atoms with van der Waals surface area (Å²) in [6.07, 6.45) is 7.18. The molecule has 5 nitrogen and oxygen atoms in total. The fourth-order valence-corrected chi connectivity index (χ4v) is 5.30. The Hall–Kier alpha value is -1.40. The summed E-state index contributed by atoms with van der Waals surface area (Å²) in [6, 6.07) is 0. The first-order chi connectivity index (χ1) is 12.6. The number of esters is 1. The summed E-state index contributed by atoms with van der Waals surface area (Å²) in [4.78, 5) is 28.6. The van der Waals surface area contributed by atoms with Crippen LogP contribution in [-0.4, -0.2) is 43.0 Å². The predicted molar refractivity (Wildman–Crippen MR) is 105 cm³/mol. The predicted octanol–water partition coefficient (Wildman–Crippen LogP) is 3.86. The lowest BCUT2D eigenvalue weighted by Gasteiger charge is -2.25. The van der Waals surface area contributed by atoms with Gasteiger partial charge < -0.3 is 15.0 Å². The average Bonchev–Trinajstić information content (AvgIpc) is 2.98. The molecule has 0 aromatic carbocycles. The molecule has 0 unspecified atom stereocenters. The molecule has 6 heteroatoms. The third-order valence-corrected chi connectivity index (χ3v) is 6.52. The van der Waals surface area contributed by atoms with Crippen molar-refractivity contribution in [3.05, 3.63) is 16.0 Å². The van der Waals surface area contributed by atoms with Crippen molar-refractivity contribution in [2.75, 3.05) is 31.6 Å². The van der Waals surface area contributed by atoms with Gasteiger partial charge in [-0.05, 0) is 63.6 Å². The van der Waals surface area contributed by atoms with Crippen LogP contribution in [0.5, 0.6) is 0 Å². The van der Waals surface area contributed by atoms with E-state index in [1.165, 1.54) is 24.1 Å². The second kappa shape index (κ2) is 9.00. The maximum atomic E-state index is 12.5. The SMILES string of the molecule is CCOC(=O)c1c(NC(=O)CCN2CCCCC2)sc2c1CC[C@H](C)C2. The lowest BCUT2D eigenvalue weighted by molar-refractivity contribution is -0.116.